The molecule has 0 radical (unpaired) electrons. The molecule has 1 atom stereocenters. The van der Waals surface area contributed by atoms with Gasteiger partial charge in [0.1, 0.15) is 0 Å². The first-order valence-electron chi connectivity index (χ1n) is 8.18. The van der Waals surface area contributed by atoms with Crippen LogP contribution in [-0.4, -0.2) is 44.9 Å². The molecule has 3 aromatic heterocycles. The van der Waals surface area contributed by atoms with E-state index in [1.54, 1.807) is 17.3 Å². The highest BCUT2D eigenvalue weighted by molar-refractivity contribution is 7.17. The lowest BCUT2D eigenvalue weighted by molar-refractivity contribution is 0.0604. The zero-order chi connectivity index (χ0) is 18.3. The van der Waals surface area contributed by atoms with Crippen molar-refractivity contribution in [3.63, 3.8) is 0 Å². The maximum Gasteiger partial charge on any atom is 0.274 e. The van der Waals surface area contributed by atoms with Crippen LogP contribution in [0, 0.1) is 0 Å². The molecule has 0 unspecified atom stereocenters. The molecular formula is C17H17ClN6OS. The Kier molecular flexibility index (Phi) is 4.47. The van der Waals surface area contributed by atoms with E-state index in [-0.39, 0.29) is 18.0 Å². The number of nitrogens with two attached hydrogens (primary N) is 1. The van der Waals surface area contributed by atoms with E-state index < -0.39 is 0 Å². The molecule has 0 saturated carbocycles. The molecule has 9 heteroatoms. The van der Waals surface area contributed by atoms with Crippen molar-refractivity contribution in [1.82, 2.24) is 19.9 Å². The fourth-order valence-corrected chi connectivity index (χ4v) is 3.84. The van der Waals surface area contributed by atoms with Gasteiger partial charge in [-0.25, -0.2) is 9.97 Å². The molecule has 0 spiro atoms. The average Bonchev–Trinajstić information content (AvgIpc) is 3.06. The molecule has 1 fully saturated rings. The predicted molar refractivity (Wildman–Crippen MR) is 103 cm³/mol. The average molecular weight is 389 g/mol. The monoisotopic (exact) mass is 388 g/mol. The van der Waals surface area contributed by atoms with Gasteiger partial charge in [0, 0.05) is 31.5 Å². The molecule has 134 valence electrons. The van der Waals surface area contributed by atoms with Crippen LogP contribution in [0.5, 0.6) is 0 Å². The topological polar surface area (TPSA) is 97.0 Å². The molecule has 4 rings (SSSR count). The lowest BCUT2D eigenvalue weighted by atomic mass is 10.1. The molecule has 7 nitrogen and oxygen atoms in total. The summed E-state index contributed by atoms with van der Waals surface area (Å²) < 4.78 is 0.790. The highest BCUT2D eigenvalue weighted by Gasteiger charge is 2.31. The maximum atomic E-state index is 12.8. The van der Waals surface area contributed by atoms with E-state index in [0.29, 0.717) is 29.8 Å². The number of thiophene rings is 1. The Morgan fingerprint density at radius 3 is 2.96 bits per heavy atom. The van der Waals surface area contributed by atoms with Crippen molar-refractivity contribution in [2.45, 2.75) is 19.0 Å². The molecule has 1 aliphatic rings. The number of likely N-dealkylation sites (tertiary alicyclic amines) is 1. The Morgan fingerprint density at radius 1 is 1.42 bits per heavy atom. The Balaban J connectivity index is 1.64. The number of amides is 1. The first-order valence-corrected chi connectivity index (χ1v) is 9.44. The highest BCUT2D eigenvalue weighted by atomic mass is 35.5. The van der Waals surface area contributed by atoms with E-state index >= 15 is 0 Å². The summed E-state index contributed by atoms with van der Waals surface area (Å²) >= 11 is 7.47. The SMILES string of the molecule is C[C@H](Nc1nc(C(=O)N2CC(N)C2)c2sccc2n1)c1cncc(Cl)c1. The fraction of sp³-hybridized carbons (Fsp3) is 0.294. The number of nitrogens with one attached hydrogen (secondary N) is 1. The van der Waals surface area contributed by atoms with Gasteiger partial charge in [0.05, 0.1) is 21.3 Å². The summed E-state index contributed by atoms with van der Waals surface area (Å²) in [6.45, 7) is 3.08. The van der Waals surface area contributed by atoms with Gasteiger partial charge in [0.25, 0.3) is 5.91 Å². The van der Waals surface area contributed by atoms with Crippen LogP contribution in [0.25, 0.3) is 10.2 Å². The Bertz CT molecular complexity index is 971. The van der Waals surface area contributed by atoms with Crippen molar-refractivity contribution in [2.75, 3.05) is 18.4 Å². The van der Waals surface area contributed by atoms with Crippen LogP contribution in [-0.2, 0) is 0 Å². The second-order valence-corrected chi connectivity index (χ2v) is 7.66. The van der Waals surface area contributed by atoms with Gasteiger partial charge in [-0.2, -0.15) is 0 Å². The summed E-state index contributed by atoms with van der Waals surface area (Å²) in [6, 6.07) is 3.66. The minimum Gasteiger partial charge on any atom is -0.348 e. The number of hydrogen-bond acceptors (Lipinski definition) is 7. The molecule has 3 N–H and O–H groups in total. The van der Waals surface area contributed by atoms with Crippen molar-refractivity contribution in [2.24, 2.45) is 5.73 Å². The third kappa shape index (κ3) is 3.23. The van der Waals surface area contributed by atoms with Gasteiger partial charge in [-0.3, -0.25) is 9.78 Å². The van der Waals surface area contributed by atoms with E-state index in [9.17, 15) is 4.79 Å². The standard InChI is InChI=1S/C17H17ClN6OS/c1-9(10-4-11(18)6-20-5-10)21-17-22-13-2-3-26-15(13)14(23-17)16(25)24-7-12(19)8-24/h2-6,9,12H,7-8,19H2,1H3,(H,21,22,23)/t9-/m0/s1. The normalized spacial score (nSPS) is 15.7. The van der Waals surface area contributed by atoms with Gasteiger partial charge in [-0.15, -0.1) is 11.3 Å². The summed E-state index contributed by atoms with van der Waals surface area (Å²) in [6.07, 6.45) is 3.32. The maximum absolute atomic E-state index is 12.8. The number of carbonyl (C=O) groups is 1. The molecule has 0 aliphatic carbocycles. The molecule has 0 bridgehead atoms. The van der Waals surface area contributed by atoms with Crippen LogP contribution in [0.1, 0.15) is 29.0 Å². The summed E-state index contributed by atoms with van der Waals surface area (Å²) in [4.78, 5) is 27.6. The molecular weight excluding hydrogens is 372 g/mol. The number of fused-ring (bicyclic) bond motifs is 1. The van der Waals surface area contributed by atoms with Crippen LogP contribution < -0.4 is 11.1 Å². The van der Waals surface area contributed by atoms with Gasteiger partial charge in [0.2, 0.25) is 5.95 Å². The molecule has 3 aromatic rings. The molecule has 1 amide bonds. The predicted octanol–water partition coefficient (Wildman–Crippen LogP) is 2.70. The number of anilines is 1. The number of aromatic nitrogens is 3. The van der Waals surface area contributed by atoms with Crippen molar-refractivity contribution < 1.29 is 4.79 Å². The Hall–Kier alpha value is -2.29. The smallest absolute Gasteiger partial charge is 0.274 e. The van der Waals surface area contributed by atoms with Crippen molar-refractivity contribution in [1.29, 1.82) is 0 Å². The van der Waals surface area contributed by atoms with Crippen molar-refractivity contribution >= 4 is 45.0 Å². The van der Waals surface area contributed by atoms with Crippen molar-refractivity contribution in [3.8, 4) is 0 Å². The molecule has 0 aromatic carbocycles. The summed E-state index contributed by atoms with van der Waals surface area (Å²) in [5.41, 5.74) is 7.87. The van der Waals surface area contributed by atoms with Gasteiger partial charge in [-0.1, -0.05) is 11.6 Å². The van der Waals surface area contributed by atoms with Crippen LogP contribution >= 0.6 is 22.9 Å². The zero-order valence-electron chi connectivity index (χ0n) is 14.0. The molecule has 26 heavy (non-hydrogen) atoms. The zero-order valence-corrected chi connectivity index (χ0v) is 15.6. The first kappa shape index (κ1) is 17.1. The number of rotatable bonds is 4. The lowest BCUT2D eigenvalue weighted by Crippen LogP contribution is -2.58. The van der Waals surface area contributed by atoms with Gasteiger partial charge < -0.3 is 16.0 Å². The Labute approximate surface area is 159 Å². The van der Waals surface area contributed by atoms with E-state index in [2.05, 4.69) is 20.3 Å². The highest BCUT2D eigenvalue weighted by Crippen LogP contribution is 2.27. The minimum absolute atomic E-state index is 0.0487. The van der Waals surface area contributed by atoms with Crippen LogP contribution in [0.3, 0.4) is 0 Å². The van der Waals surface area contributed by atoms with E-state index in [4.69, 9.17) is 17.3 Å². The number of carbonyl (C=O) groups excluding carboxylic acids is 1. The number of nitrogens with zero attached hydrogens (tertiary/aromatic N) is 4. The summed E-state index contributed by atoms with van der Waals surface area (Å²) in [5, 5.41) is 5.71. The minimum atomic E-state index is -0.113. The third-order valence-electron chi connectivity index (χ3n) is 4.27. The number of pyridine rings is 1. The van der Waals surface area contributed by atoms with E-state index in [1.807, 2.05) is 24.4 Å². The fourth-order valence-electron chi connectivity index (χ4n) is 2.84. The van der Waals surface area contributed by atoms with Gasteiger partial charge >= 0.3 is 0 Å². The lowest BCUT2D eigenvalue weighted by Gasteiger charge is -2.36. The van der Waals surface area contributed by atoms with Crippen LogP contribution in [0.4, 0.5) is 5.95 Å². The first-order chi connectivity index (χ1) is 12.5. The largest absolute Gasteiger partial charge is 0.348 e. The van der Waals surface area contributed by atoms with Crippen LogP contribution in [0.2, 0.25) is 5.02 Å². The molecule has 1 saturated heterocycles. The second-order valence-electron chi connectivity index (χ2n) is 6.30. The van der Waals surface area contributed by atoms with Crippen molar-refractivity contribution in [3.05, 3.63) is 46.2 Å². The quantitative estimate of drug-likeness (QED) is 0.713. The van der Waals surface area contributed by atoms with E-state index in [0.717, 1.165) is 15.8 Å². The molecule has 1 aliphatic heterocycles. The van der Waals surface area contributed by atoms with Crippen LogP contribution in [0.15, 0.2) is 29.9 Å². The third-order valence-corrected chi connectivity index (χ3v) is 5.39. The summed E-state index contributed by atoms with van der Waals surface area (Å²) in [7, 11) is 0. The van der Waals surface area contributed by atoms with E-state index in [1.165, 1.54) is 11.3 Å². The number of halogens is 1. The summed E-state index contributed by atoms with van der Waals surface area (Å²) in [5.74, 6) is 0.290. The molecule has 4 heterocycles. The second kappa shape index (κ2) is 6.79. The van der Waals surface area contributed by atoms with Gasteiger partial charge in [0.15, 0.2) is 5.69 Å². The number of hydrogen-bond donors (Lipinski definition) is 2. The Morgan fingerprint density at radius 2 is 2.23 bits per heavy atom. The van der Waals surface area contributed by atoms with Gasteiger partial charge in [-0.05, 0) is 30.0 Å².